The van der Waals surface area contributed by atoms with E-state index in [9.17, 15) is 8.78 Å². The fourth-order valence-corrected chi connectivity index (χ4v) is 1.53. The van der Waals surface area contributed by atoms with Gasteiger partial charge in [0.05, 0.1) is 0 Å². The normalized spacial score (nSPS) is 12.9. The van der Waals surface area contributed by atoms with Gasteiger partial charge >= 0.3 is 0 Å². The minimum Gasteiger partial charge on any atom is -0.324 e. The van der Waals surface area contributed by atoms with E-state index in [1.54, 1.807) is 13.0 Å². The molecule has 14 heavy (non-hydrogen) atoms. The van der Waals surface area contributed by atoms with E-state index in [0.717, 1.165) is 12.5 Å². The second-order valence-corrected chi connectivity index (χ2v) is 3.30. The van der Waals surface area contributed by atoms with Crippen molar-refractivity contribution in [3.05, 3.63) is 34.9 Å². The summed E-state index contributed by atoms with van der Waals surface area (Å²) in [6.07, 6.45) is 1.19. The van der Waals surface area contributed by atoms with Crippen molar-refractivity contribution in [1.29, 1.82) is 0 Å². The largest absolute Gasteiger partial charge is 0.324 e. The van der Waals surface area contributed by atoms with Crippen LogP contribution in [0.3, 0.4) is 0 Å². The molecule has 0 unspecified atom stereocenters. The molecule has 2 N–H and O–H groups in total. The fourth-order valence-electron chi connectivity index (χ4n) is 1.53. The smallest absolute Gasteiger partial charge is 0.162 e. The predicted molar refractivity (Wildman–Crippen MR) is 53.0 cm³/mol. The van der Waals surface area contributed by atoms with Crippen LogP contribution < -0.4 is 5.73 Å². The van der Waals surface area contributed by atoms with Gasteiger partial charge in [-0.1, -0.05) is 19.9 Å². The van der Waals surface area contributed by atoms with Crippen LogP contribution in [0.25, 0.3) is 0 Å². The van der Waals surface area contributed by atoms with Crippen LogP contribution in [0.5, 0.6) is 0 Å². The monoisotopic (exact) mass is 199 g/mol. The number of benzene rings is 1. The van der Waals surface area contributed by atoms with Crippen LogP contribution in [0.1, 0.15) is 37.4 Å². The molecule has 1 aromatic carbocycles. The molecule has 0 aliphatic heterocycles. The third-order valence-corrected chi connectivity index (χ3v) is 2.43. The molecular formula is C11H15F2N. The van der Waals surface area contributed by atoms with Crippen LogP contribution in [0.2, 0.25) is 0 Å². The van der Waals surface area contributed by atoms with E-state index in [1.165, 1.54) is 0 Å². The van der Waals surface area contributed by atoms with Gasteiger partial charge in [-0.15, -0.1) is 0 Å². The lowest BCUT2D eigenvalue weighted by molar-refractivity contribution is 0.494. The summed E-state index contributed by atoms with van der Waals surface area (Å²) >= 11 is 0. The molecule has 0 saturated carbocycles. The first-order valence-corrected chi connectivity index (χ1v) is 4.84. The first-order valence-electron chi connectivity index (χ1n) is 4.84. The molecule has 0 fully saturated rings. The van der Waals surface area contributed by atoms with Crippen LogP contribution >= 0.6 is 0 Å². The molecule has 1 atom stereocenters. The van der Waals surface area contributed by atoms with Crippen molar-refractivity contribution in [2.75, 3.05) is 0 Å². The molecule has 1 nitrogen and oxygen atoms in total. The molecule has 0 aromatic heterocycles. The zero-order chi connectivity index (χ0) is 10.7. The summed E-state index contributed by atoms with van der Waals surface area (Å²) in [5, 5.41) is 0. The van der Waals surface area contributed by atoms with E-state index in [4.69, 9.17) is 5.73 Å². The molecule has 0 heterocycles. The third-order valence-electron chi connectivity index (χ3n) is 2.43. The van der Waals surface area contributed by atoms with Gasteiger partial charge in [0.1, 0.15) is 0 Å². The van der Waals surface area contributed by atoms with Gasteiger partial charge in [-0.25, -0.2) is 8.78 Å². The van der Waals surface area contributed by atoms with E-state index in [1.807, 2.05) is 6.92 Å². The molecule has 1 rings (SSSR count). The minimum absolute atomic E-state index is 0.208. The second-order valence-electron chi connectivity index (χ2n) is 3.30. The Bertz CT molecular complexity index is 323. The van der Waals surface area contributed by atoms with Crippen molar-refractivity contribution in [3.8, 4) is 0 Å². The lowest BCUT2D eigenvalue weighted by Crippen LogP contribution is -2.13. The van der Waals surface area contributed by atoms with E-state index in [-0.39, 0.29) is 6.04 Å². The van der Waals surface area contributed by atoms with Crippen LogP contribution in [0, 0.1) is 11.6 Å². The first kappa shape index (κ1) is 11.1. The van der Waals surface area contributed by atoms with Crippen molar-refractivity contribution < 1.29 is 8.78 Å². The topological polar surface area (TPSA) is 26.0 Å². The predicted octanol–water partition coefficient (Wildman–Crippen LogP) is 2.94. The fraction of sp³-hybridized carbons (Fsp3) is 0.455. The van der Waals surface area contributed by atoms with Crippen molar-refractivity contribution >= 4 is 0 Å². The highest BCUT2D eigenvalue weighted by molar-refractivity contribution is 5.32. The van der Waals surface area contributed by atoms with E-state index in [2.05, 4.69) is 0 Å². The molecule has 0 aliphatic carbocycles. The van der Waals surface area contributed by atoms with E-state index >= 15 is 0 Å². The molecule has 78 valence electrons. The summed E-state index contributed by atoms with van der Waals surface area (Å²) < 4.78 is 26.2. The third kappa shape index (κ3) is 1.93. The van der Waals surface area contributed by atoms with Crippen LogP contribution in [-0.4, -0.2) is 0 Å². The summed E-state index contributed by atoms with van der Waals surface area (Å²) in [7, 11) is 0. The van der Waals surface area contributed by atoms with Gasteiger partial charge in [-0.05, 0) is 30.0 Å². The van der Waals surface area contributed by atoms with Gasteiger partial charge < -0.3 is 5.73 Å². The first-order chi connectivity index (χ1) is 6.61. The van der Waals surface area contributed by atoms with Crippen LogP contribution in [0.4, 0.5) is 8.78 Å². The van der Waals surface area contributed by atoms with Crippen LogP contribution in [0.15, 0.2) is 12.1 Å². The van der Waals surface area contributed by atoms with Gasteiger partial charge in [0.15, 0.2) is 11.6 Å². The Morgan fingerprint density at radius 2 is 1.93 bits per heavy atom. The SMILES string of the molecule is CCc1c([C@H](N)CC)ccc(F)c1F. The van der Waals surface area contributed by atoms with Crippen LogP contribution in [-0.2, 0) is 6.42 Å². The van der Waals surface area contributed by atoms with E-state index in [0.29, 0.717) is 17.5 Å². The quantitative estimate of drug-likeness (QED) is 0.795. The number of hydrogen-bond donors (Lipinski definition) is 1. The Kier molecular flexibility index (Phi) is 3.58. The Morgan fingerprint density at radius 1 is 1.29 bits per heavy atom. The molecule has 0 bridgehead atoms. The Balaban J connectivity index is 3.23. The Hall–Kier alpha value is -0.960. The highest BCUT2D eigenvalue weighted by Gasteiger charge is 2.15. The summed E-state index contributed by atoms with van der Waals surface area (Å²) in [4.78, 5) is 0. The lowest BCUT2D eigenvalue weighted by Gasteiger charge is -2.14. The van der Waals surface area contributed by atoms with Gasteiger partial charge in [-0.2, -0.15) is 0 Å². The molecule has 3 heteroatoms. The average molecular weight is 199 g/mol. The van der Waals surface area contributed by atoms with Crippen molar-refractivity contribution in [2.24, 2.45) is 5.73 Å². The number of nitrogens with two attached hydrogens (primary N) is 1. The maximum atomic E-state index is 13.3. The molecule has 0 aliphatic rings. The van der Waals surface area contributed by atoms with Crippen molar-refractivity contribution in [3.63, 3.8) is 0 Å². The summed E-state index contributed by atoms with van der Waals surface area (Å²) in [6, 6.07) is 2.50. The van der Waals surface area contributed by atoms with Gasteiger partial charge in [-0.3, -0.25) is 0 Å². The molecule has 1 aromatic rings. The zero-order valence-corrected chi connectivity index (χ0v) is 8.48. The minimum atomic E-state index is -0.797. The van der Waals surface area contributed by atoms with Crippen molar-refractivity contribution in [2.45, 2.75) is 32.7 Å². The number of hydrogen-bond acceptors (Lipinski definition) is 1. The average Bonchev–Trinajstić information content (AvgIpc) is 2.20. The molecular weight excluding hydrogens is 184 g/mol. The molecule has 0 amide bonds. The maximum Gasteiger partial charge on any atom is 0.162 e. The van der Waals surface area contributed by atoms with Gasteiger partial charge in [0, 0.05) is 6.04 Å². The van der Waals surface area contributed by atoms with Gasteiger partial charge in [0.2, 0.25) is 0 Å². The molecule has 0 saturated heterocycles. The summed E-state index contributed by atoms with van der Waals surface area (Å²) in [5.41, 5.74) is 6.92. The maximum absolute atomic E-state index is 13.3. The molecule has 0 spiro atoms. The highest BCUT2D eigenvalue weighted by Crippen LogP contribution is 2.23. The second kappa shape index (κ2) is 4.51. The lowest BCUT2D eigenvalue weighted by atomic mass is 9.97. The van der Waals surface area contributed by atoms with Gasteiger partial charge in [0.25, 0.3) is 0 Å². The Labute approximate surface area is 82.9 Å². The summed E-state index contributed by atoms with van der Waals surface area (Å²) in [6.45, 7) is 3.72. The van der Waals surface area contributed by atoms with E-state index < -0.39 is 11.6 Å². The summed E-state index contributed by atoms with van der Waals surface area (Å²) in [5.74, 6) is -1.55. The number of halogens is 2. The highest BCUT2D eigenvalue weighted by atomic mass is 19.2. The number of rotatable bonds is 3. The zero-order valence-electron chi connectivity index (χ0n) is 8.48. The Morgan fingerprint density at radius 3 is 2.43 bits per heavy atom. The molecule has 0 radical (unpaired) electrons. The van der Waals surface area contributed by atoms with Crippen molar-refractivity contribution in [1.82, 2.24) is 0 Å². The standard InChI is InChI=1S/C11H15F2N/c1-3-7-8(10(14)4-2)5-6-9(12)11(7)13/h5-6,10H,3-4,14H2,1-2H3/t10-/m1/s1.